The third-order valence-electron chi connectivity index (χ3n) is 5.52. The number of carbonyl (C=O) groups is 3. The van der Waals surface area contributed by atoms with Gasteiger partial charge in [0, 0.05) is 0 Å². The van der Waals surface area contributed by atoms with Crippen LogP contribution in [0.5, 0.6) is 0 Å². The number of aromatic carboxylic acids is 1. The second-order valence-corrected chi connectivity index (χ2v) is 10.9. The molecule has 0 unspecified atom stereocenters. The third-order valence-corrected chi connectivity index (χ3v) is 7.25. The number of carbonyl (C=O) groups excluding carboxylic acids is 1. The molecule has 1 aliphatic rings. The van der Waals surface area contributed by atoms with Gasteiger partial charge in [-0.05, 0) is 60.7 Å². The fraction of sp³-hybridized carbons (Fsp3) is 0. The lowest BCUT2D eigenvalue weighted by Crippen LogP contribution is -2.22. The number of rotatable bonds is 8. The van der Waals surface area contributed by atoms with Crippen LogP contribution in [-0.4, -0.2) is 69.5 Å². The summed E-state index contributed by atoms with van der Waals surface area (Å²) in [5.41, 5.74) is -3.08. The van der Waals surface area contributed by atoms with Gasteiger partial charge in [-0.25, -0.2) is 14.3 Å². The Morgan fingerprint density at radius 2 is 1.32 bits per heavy atom. The highest BCUT2D eigenvalue weighted by Crippen LogP contribution is 2.25. The van der Waals surface area contributed by atoms with Crippen LogP contribution in [0.2, 0.25) is 0 Å². The predicted molar refractivity (Wildman–Crippen MR) is 139 cm³/mol. The Balaban J connectivity index is 1.69. The van der Waals surface area contributed by atoms with Gasteiger partial charge in [-0.15, -0.1) is 0 Å². The van der Waals surface area contributed by atoms with E-state index in [4.69, 9.17) is 9.11 Å². The van der Waals surface area contributed by atoms with Crippen molar-refractivity contribution in [2.75, 3.05) is 5.01 Å². The summed E-state index contributed by atoms with van der Waals surface area (Å²) < 4.78 is 64.0. The third kappa shape index (κ3) is 5.75. The number of aromatic amines is 1. The molecule has 2 heterocycles. The summed E-state index contributed by atoms with van der Waals surface area (Å²) in [5.74, 6) is -4.10. The molecule has 41 heavy (non-hydrogen) atoms. The molecule has 0 atom stereocenters. The Bertz CT molecular complexity index is 1970. The number of amides is 1. The summed E-state index contributed by atoms with van der Waals surface area (Å²) in [5, 5.41) is 25.8. The summed E-state index contributed by atoms with van der Waals surface area (Å²) in [4.78, 5) is 48.4. The molecule has 2 aromatic carbocycles. The fourth-order valence-electron chi connectivity index (χ4n) is 3.61. The quantitative estimate of drug-likeness (QED) is 0.177. The van der Waals surface area contributed by atoms with Crippen molar-refractivity contribution in [2.24, 2.45) is 5.10 Å². The Hall–Kier alpha value is -5.17. The van der Waals surface area contributed by atoms with Gasteiger partial charge >= 0.3 is 11.9 Å². The summed E-state index contributed by atoms with van der Waals surface area (Å²) in [6, 6.07) is 8.38. The predicted octanol–water partition coefficient (Wildman–Crippen LogP) is 0.784. The number of aromatic nitrogens is 2. The van der Waals surface area contributed by atoms with Gasteiger partial charge in [0.05, 0.1) is 32.3 Å². The van der Waals surface area contributed by atoms with Crippen molar-refractivity contribution in [3.05, 3.63) is 87.9 Å². The fourth-order valence-corrected chi connectivity index (χ4v) is 4.57. The van der Waals surface area contributed by atoms with Crippen LogP contribution < -0.4 is 10.6 Å². The maximum absolute atomic E-state index is 13.0. The summed E-state index contributed by atoms with van der Waals surface area (Å²) >= 11 is 0. The molecule has 0 radical (unpaired) electrons. The topological polar surface area (TPSA) is 254 Å². The number of nitrogens with zero attached hydrogens (tertiary/aromatic N) is 3. The van der Waals surface area contributed by atoms with E-state index in [-0.39, 0.29) is 11.4 Å². The van der Waals surface area contributed by atoms with Gasteiger partial charge in [0.15, 0.2) is 11.4 Å². The Morgan fingerprint density at radius 1 is 0.805 bits per heavy atom. The van der Waals surface area contributed by atoms with Crippen molar-refractivity contribution in [3.8, 4) is 5.69 Å². The number of carboxylic acids is 2. The molecule has 5 N–H and O–H groups in total. The number of benzene rings is 2. The van der Waals surface area contributed by atoms with Crippen molar-refractivity contribution in [3.63, 3.8) is 0 Å². The average molecular weight is 605 g/mol. The first-order valence-electron chi connectivity index (χ1n) is 10.9. The first-order chi connectivity index (χ1) is 19.1. The minimum absolute atomic E-state index is 0.0184. The lowest BCUT2D eigenvalue weighted by Gasteiger charge is -2.11. The number of hydrogen-bond donors (Lipinski definition) is 5. The number of hydrazone groups is 1. The number of nitrogens with one attached hydrogen (secondary N) is 1. The number of allylic oxidation sites excluding steroid dienone is 2. The van der Waals surface area contributed by atoms with Crippen LogP contribution in [0.15, 0.2) is 85.9 Å². The maximum Gasteiger partial charge on any atom is 0.357 e. The van der Waals surface area contributed by atoms with Crippen LogP contribution in [0, 0.1) is 0 Å². The first-order valence-corrected chi connectivity index (χ1v) is 13.8. The first kappa shape index (κ1) is 28.8. The molecule has 18 heteroatoms. The van der Waals surface area contributed by atoms with Gasteiger partial charge in [-0.2, -0.15) is 26.9 Å². The number of aliphatic carboxylic acids is 1. The normalized spacial score (nSPS) is 15.1. The van der Waals surface area contributed by atoms with E-state index < -0.39 is 76.0 Å². The van der Waals surface area contributed by atoms with E-state index in [0.29, 0.717) is 5.01 Å². The van der Waals surface area contributed by atoms with E-state index in [0.717, 1.165) is 71.4 Å². The number of carboxylic acid groups (broad SMARTS) is 2. The van der Waals surface area contributed by atoms with Crippen LogP contribution >= 0.6 is 0 Å². The smallest absolute Gasteiger partial charge is 0.357 e. The van der Waals surface area contributed by atoms with Crippen LogP contribution in [0.4, 0.5) is 5.69 Å². The molecule has 0 fully saturated rings. The average Bonchev–Trinajstić information content (AvgIpc) is 3.40. The largest absolute Gasteiger partial charge is 0.477 e. The minimum Gasteiger partial charge on any atom is -0.477 e. The van der Waals surface area contributed by atoms with Gasteiger partial charge in [0.1, 0.15) is 0 Å². The zero-order valence-corrected chi connectivity index (χ0v) is 21.7. The maximum atomic E-state index is 13.0. The molecule has 0 aliphatic carbocycles. The van der Waals surface area contributed by atoms with Crippen molar-refractivity contribution in [1.82, 2.24) is 9.78 Å². The monoisotopic (exact) mass is 604 g/mol. The summed E-state index contributed by atoms with van der Waals surface area (Å²) in [7, 11) is -9.05. The highest BCUT2D eigenvalue weighted by molar-refractivity contribution is 7.86. The molecule has 0 spiro atoms. The highest BCUT2D eigenvalue weighted by atomic mass is 32.2. The van der Waals surface area contributed by atoms with Gasteiger partial charge in [0.25, 0.3) is 31.7 Å². The Labute approximate surface area is 229 Å². The zero-order valence-electron chi connectivity index (χ0n) is 20.1. The molecule has 0 bridgehead atoms. The van der Waals surface area contributed by atoms with Gasteiger partial charge in [0.2, 0.25) is 0 Å². The molecule has 1 amide bonds. The lowest BCUT2D eigenvalue weighted by molar-refractivity contribution is -0.129. The van der Waals surface area contributed by atoms with Crippen LogP contribution in [0.3, 0.4) is 0 Å². The molecule has 212 valence electrons. The van der Waals surface area contributed by atoms with E-state index in [2.05, 4.69) is 10.2 Å². The van der Waals surface area contributed by atoms with Crippen LogP contribution in [0.25, 0.3) is 11.8 Å². The molecule has 1 aliphatic heterocycles. The van der Waals surface area contributed by atoms with Gasteiger partial charge < -0.3 is 10.2 Å². The van der Waals surface area contributed by atoms with E-state index >= 15 is 0 Å². The second kappa shape index (κ2) is 10.4. The molecule has 3 aromatic rings. The van der Waals surface area contributed by atoms with E-state index in [1.165, 1.54) is 0 Å². The number of hydrogen-bond acceptors (Lipinski definition) is 9. The Kier molecular flexibility index (Phi) is 7.33. The number of H-pyrrole nitrogens is 1. The van der Waals surface area contributed by atoms with Crippen LogP contribution in [-0.2, 0) is 29.8 Å². The molecule has 4 rings (SSSR count). The SMILES string of the molecule is O=C(O)C1=NN(c2ccc(S(=O)(=O)O)cc2)C(=O)C1=C/C=C/c1c(C(=O)O)[nH]n(-c2ccc(S(=O)(=O)O)cc2)c1=O. The zero-order chi connectivity index (χ0) is 30.3. The Morgan fingerprint density at radius 3 is 1.78 bits per heavy atom. The summed E-state index contributed by atoms with van der Waals surface area (Å²) in [6.45, 7) is 0. The minimum atomic E-state index is -4.53. The summed E-state index contributed by atoms with van der Waals surface area (Å²) in [6.07, 6.45) is 3.01. The molecular formula is C23H16N4O12S2. The molecular weight excluding hydrogens is 588 g/mol. The van der Waals surface area contributed by atoms with Gasteiger partial charge in [-0.3, -0.25) is 23.8 Å². The van der Waals surface area contributed by atoms with E-state index in [1.807, 2.05) is 0 Å². The molecule has 0 saturated carbocycles. The number of anilines is 1. The van der Waals surface area contributed by atoms with Crippen molar-refractivity contribution in [2.45, 2.75) is 9.79 Å². The van der Waals surface area contributed by atoms with Crippen LogP contribution in [0.1, 0.15) is 16.1 Å². The van der Waals surface area contributed by atoms with Gasteiger partial charge in [-0.1, -0.05) is 6.08 Å². The van der Waals surface area contributed by atoms with E-state index in [9.17, 15) is 46.2 Å². The second-order valence-electron chi connectivity index (χ2n) is 8.09. The molecule has 16 nitrogen and oxygen atoms in total. The standard InChI is InChI=1S/C23H16N4O12S2/c28-20-16(18(22(30)31)24-26(20)12-4-8-14(9-5-12)40(34,35)36)2-1-3-17-19(23(32)33)25-27(21(17)29)13-6-10-15(11-7-13)41(37,38)39/h1-11,24H,(H,30,31)(H,32,33)(H,34,35,36)(H,37,38,39)/b2-1+,17-3?. The molecule has 1 aromatic heterocycles. The van der Waals surface area contributed by atoms with Crippen molar-refractivity contribution in [1.29, 1.82) is 0 Å². The van der Waals surface area contributed by atoms with Crippen molar-refractivity contribution >= 4 is 55.6 Å². The highest BCUT2D eigenvalue weighted by Gasteiger charge is 2.35. The molecule has 0 saturated heterocycles. The lowest BCUT2D eigenvalue weighted by atomic mass is 10.1. The van der Waals surface area contributed by atoms with Crippen molar-refractivity contribution < 1.29 is 50.5 Å². The van der Waals surface area contributed by atoms with E-state index in [1.54, 1.807) is 0 Å².